The predicted molar refractivity (Wildman–Crippen MR) is 116 cm³/mol. The van der Waals surface area contributed by atoms with Crippen LogP contribution >= 0.6 is 11.6 Å². The monoisotopic (exact) mass is 412 g/mol. The number of fused-ring (bicyclic) bond motifs is 3. The molecule has 3 heterocycles. The third kappa shape index (κ3) is 2.56. The van der Waals surface area contributed by atoms with E-state index in [0.29, 0.717) is 11.0 Å². The van der Waals surface area contributed by atoms with Crippen LogP contribution in [0.25, 0.3) is 5.70 Å². The minimum absolute atomic E-state index is 0.172. The Morgan fingerprint density at radius 2 is 1.67 bits per heavy atom. The van der Waals surface area contributed by atoms with Crippen LogP contribution in [0.3, 0.4) is 0 Å². The van der Waals surface area contributed by atoms with Crippen LogP contribution in [0, 0.1) is 0 Å². The molecule has 0 amide bonds. The van der Waals surface area contributed by atoms with E-state index in [4.69, 9.17) is 16.3 Å². The van der Waals surface area contributed by atoms with Gasteiger partial charge in [0.15, 0.2) is 6.10 Å². The lowest BCUT2D eigenvalue weighted by atomic mass is 9.84. The van der Waals surface area contributed by atoms with Gasteiger partial charge in [-0.3, -0.25) is 0 Å². The highest BCUT2D eigenvalue weighted by molar-refractivity contribution is 6.31. The van der Waals surface area contributed by atoms with Crippen LogP contribution in [0.15, 0.2) is 90.8 Å². The van der Waals surface area contributed by atoms with E-state index in [9.17, 15) is 0 Å². The van der Waals surface area contributed by atoms with Crippen LogP contribution in [-0.2, 0) is 0 Å². The lowest BCUT2D eigenvalue weighted by Gasteiger charge is -2.39. The highest BCUT2D eigenvalue weighted by Gasteiger charge is 2.41. The molecule has 2 atom stereocenters. The Labute approximate surface area is 178 Å². The number of nitrogens with one attached hydrogen (secondary N) is 1. The molecule has 0 saturated heterocycles. The van der Waals surface area contributed by atoms with Crippen molar-refractivity contribution in [2.45, 2.75) is 12.1 Å². The lowest BCUT2D eigenvalue weighted by molar-refractivity contribution is 0.223. The second-order valence-corrected chi connectivity index (χ2v) is 7.72. The molecule has 1 N–H and O–H groups in total. The van der Waals surface area contributed by atoms with Gasteiger partial charge in [0.05, 0.1) is 5.70 Å². The van der Waals surface area contributed by atoms with Crippen LogP contribution in [0.5, 0.6) is 5.75 Å². The van der Waals surface area contributed by atoms with Gasteiger partial charge in [0.1, 0.15) is 18.1 Å². The molecule has 0 spiro atoms. The van der Waals surface area contributed by atoms with Crippen molar-refractivity contribution >= 4 is 23.2 Å². The van der Waals surface area contributed by atoms with Crippen LogP contribution < -0.4 is 10.1 Å². The maximum Gasteiger partial charge on any atom is 0.226 e. The van der Waals surface area contributed by atoms with E-state index < -0.39 is 0 Å². The summed E-state index contributed by atoms with van der Waals surface area (Å²) in [5.74, 6) is 1.52. The Morgan fingerprint density at radius 1 is 0.900 bits per heavy atom. The van der Waals surface area contributed by atoms with Crippen LogP contribution in [0.2, 0.25) is 5.02 Å². The average molecular weight is 413 g/mol. The van der Waals surface area contributed by atoms with Gasteiger partial charge in [-0.15, -0.1) is 0 Å². The Morgan fingerprint density at radius 3 is 2.53 bits per heavy atom. The fraction of sp³-hybridized carbons (Fsp3) is 0.0833. The zero-order valence-corrected chi connectivity index (χ0v) is 16.6. The van der Waals surface area contributed by atoms with Gasteiger partial charge in [0, 0.05) is 21.7 Å². The molecule has 2 aliphatic heterocycles. The van der Waals surface area contributed by atoms with Gasteiger partial charge in [-0.05, 0) is 23.8 Å². The van der Waals surface area contributed by atoms with E-state index in [0.717, 1.165) is 33.7 Å². The van der Waals surface area contributed by atoms with Crippen molar-refractivity contribution in [1.82, 2.24) is 14.8 Å². The molecule has 1 aromatic heterocycles. The molecule has 0 radical (unpaired) electrons. The fourth-order valence-electron chi connectivity index (χ4n) is 4.32. The molecular formula is C24H17ClN4O. The van der Waals surface area contributed by atoms with E-state index in [1.165, 1.54) is 0 Å². The number of ether oxygens (including phenoxy) is 1. The zero-order valence-electron chi connectivity index (χ0n) is 15.9. The maximum atomic E-state index is 6.63. The molecule has 146 valence electrons. The average Bonchev–Trinajstić information content (AvgIpc) is 3.26. The van der Waals surface area contributed by atoms with Crippen molar-refractivity contribution in [1.29, 1.82) is 0 Å². The molecule has 30 heavy (non-hydrogen) atoms. The van der Waals surface area contributed by atoms with E-state index in [-0.39, 0.29) is 12.1 Å². The number of para-hydroxylation sites is 1. The summed E-state index contributed by atoms with van der Waals surface area (Å²) in [6.07, 6.45) is 1.22. The molecule has 2 unspecified atom stereocenters. The van der Waals surface area contributed by atoms with Crippen LogP contribution in [0.4, 0.5) is 5.95 Å². The fourth-order valence-corrected chi connectivity index (χ4v) is 4.55. The SMILES string of the molecule is Clc1ccccc1C1Oc2ccccc2C2=C1C(c1ccccc1)n1ncnc1N2. The van der Waals surface area contributed by atoms with Crippen molar-refractivity contribution in [2.24, 2.45) is 0 Å². The Bertz CT molecular complexity index is 1280. The van der Waals surface area contributed by atoms with Crippen molar-refractivity contribution in [3.05, 3.63) is 112 Å². The third-order valence-corrected chi connectivity index (χ3v) is 5.97. The number of benzene rings is 3. The molecular weight excluding hydrogens is 396 g/mol. The first-order chi connectivity index (χ1) is 14.8. The smallest absolute Gasteiger partial charge is 0.226 e. The summed E-state index contributed by atoms with van der Waals surface area (Å²) in [6.45, 7) is 0. The summed E-state index contributed by atoms with van der Waals surface area (Å²) < 4.78 is 8.48. The first-order valence-corrected chi connectivity index (χ1v) is 10.1. The minimum atomic E-state index is -0.362. The largest absolute Gasteiger partial charge is 0.480 e. The van der Waals surface area contributed by atoms with E-state index in [2.05, 4.69) is 33.6 Å². The normalized spacial score (nSPS) is 19.2. The summed E-state index contributed by atoms with van der Waals surface area (Å²) in [4.78, 5) is 4.45. The van der Waals surface area contributed by atoms with Gasteiger partial charge >= 0.3 is 0 Å². The molecule has 4 aromatic rings. The Kier molecular flexibility index (Phi) is 3.89. The standard InChI is InChI=1S/C24H17ClN4O/c25-18-12-6-4-10-16(18)23-20-21(17-11-5-7-13-19(17)30-23)28-24-26-14-27-29(24)22(20)15-8-2-1-3-9-15/h1-14,22-23H,(H,26,27,28). The molecule has 0 bridgehead atoms. The van der Waals surface area contributed by atoms with Crippen molar-refractivity contribution in [2.75, 3.05) is 5.32 Å². The molecule has 0 saturated carbocycles. The zero-order chi connectivity index (χ0) is 20.1. The van der Waals surface area contributed by atoms with Crippen LogP contribution in [0.1, 0.15) is 28.8 Å². The maximum absolute atomic E-state index is 6.63. The Hall–Kier alpha value is -3.57. The summed E-state index contributed by atoms with van der Waals surface area (Å²) in [5.41, 5.74) is 5.10. The second kappa shape index (κ2) is 6.75. The number of hydrogen-bond acceptors (Lipinski definition) is 4. The molecule has 6 heteroatoms. The number of nitrogens with zero attached hydrogens (tertiary/aromatic N) is 3. The van der Waals surface area contributed by atoms with Crippen LogP contribution in [-0.4, -0.2) is 14.8 Å². The van der Waals surface area contributed by atoms with Gasteiger partial charge < -0.3 is 10.1 Å². The molecule has 2 aliphatic rings. The number of hydrogen-bond donors (Lipinski definition) is 1. The molecule has 6 rings (SSSR count). The summed E-state index contributed by atoms with van der Waals surface area (Å²) in [6, 6.07) is 26.0. The lowest BCUT2D eigenvalue weighted by Crippen LogP contribution is -2.32. The molecule has 0 aliphatic carbocycles. The quantitative estimate of drug-likeness (QED) is 0.473. The highest BCUT2D eigenvalue weighted by Crippen LogP contribution is 2.51. The number of halogens is 1. The minimum Gasteiger partial charge on any atom is -0.480 e. The molecule has 3 aromatic carbocycles. The van der Waals surface area contributed by atoms with Gasteiger partial charge in [-0.2, -0.15) is 10.1 Å². The first-order valence-electron chi connectivity index (χ1n) is 9.77. The van der Waals surface area contributed by atoms with Gasteiger partial charge in [0.2, 0.25) is 5.95 Å². The Balaban J connectivity index is 1.66. The highest BCUT2D eigenvalue weighted by atomic mass is 35.5. The van der Waals surface area contributed by atoms with Crippen molar-refractivity contribution < 1.29 is 4.74 Å². The summed E-state index contributed by atoms with van der Waals surface area (Å²) in [7, 11) is 0. The van der Waals surface area contributed by atoms with Crippen molar-refractivity contribution in [3.63, 3.8) is 0 Å². The first kappa shape index (κ1) is 17.3. The van der Waals surface area contributed by atoms with Crippen molar-refractivity contribution in [3.8, 4) is 5.75 Å². The second-order valence-electron chi connectivity index (χ2n) is 7.31. The van der Waals surface area contributed by atoms with Gasteiger partial charge in [0.25, 0.3) is 0 Å². The van der Waals surface area contributed by atoms with Gasteiger partial charge in [-0.1, -0.05) is 72.3 Å². The third-order valence-electron chi connectivity index (χ3n) is 5.62. The summed E-state index contributed by atoms with van der Waals surface area (Å²) >= 11 is 6.63. The van der Waals surface area contributed by atoms with E-state index in [1.54, 1.807) is 6.33 Å². The van der Waals surface area contributed by atoms with E-state index in [1.807, 2.05) is 65.3 Å². The predicted octanol–water partition coefficient (Wildman–Crippen LogP) is 5.49. The summed E-state index contributed by atoms with van der Waals surface area (Å²) in [5, 5.41) is 8.70. The van der Waals surface area contributed by atoms with Gasteiger partial charge in [-0.25, -0.2) is 4.68 Å². The topological polar surface area (TPSA) is 52.0 Å². The number of rotatable bonds is 2. The van der Waals surface area contributed by atoms with E-state index >= 15 is 0 Å². The molecule has 5 nitrogen and oxygen atoms in total. The number of anilines is 1. The number of aromatic nitrogens is 3. The molecule has 0 fully saturated rings.